The lowest BCUT2D eigenvalue weighted by Gasteiger charge is -2.26. The molecular weight excluding hydrogens is 781 g/mol. The van der Waals surface area contributed by atoms with E-state index in [0.29, 0.717) is 58.6 Å². The number of rotatable bonds is 14. The Bertz CT molecular complexity index is 2020. The lowest BCUT2D eigenvalue weighted by atomic mass is 10.2. The fourth-order valence-electron chi connectivity index (χ4n) is 5.44. The number of ether oxygens (including phenoxy) is 5. The molecule has 1 aliphatic rings. The van der Waals surface area contributed by atoms with Gasteiger partial charge in [-0.05, 0) is 141 Å². The van der Waals surface area contributed by atoms with E-state index in [4.69, 9.17) is 23.7 Å². The fourth-order valence-corrected chi connectivity index (χ4v) is 5.44. The molecule has 0 aromatic heterocycles. The van der Waals surface area contributed by atoms with Crippen molar-refractivity contribution < 1.29 is 42.9 Å². The topological polar surface area (TPSA) is 169 Å². The van der Waals surface area contributed by atoms with Gasteiger partial charge in [-0.1, -0.05) is 12.1 Å². The molecule has 15 nitrogen and oxygen atoms in total. The lowest BCUT2D eigenvalue weighted by molar-refractivity contribution is 0.0322. The monoisotopic (exact) mass is 840 g/mol. The van der Waals surface area contributed by atoms with Crippen molar-refractivity contribution in [3.63, 3.8) is 0 Å². The van der Waals surface area contributed by atoms with Crippen LogP contribution in [0.15, 0.2) is 97.1 Å². The zero-order chi connectivity index (χ0) is 44.4. The van der Waals surface area contributed by atoms with E-state index in [1.54, 1.807) is 126 Å². The van der Waals surface area contributed by atoms with E-state index >= 15 is 0 Å². The number of morpholine rings is 1. The van der Waals surface area contributed by atoms with Crippen LogP contribution in [0.4, 0.5) is 32.3 Å². The van der Waals surface area contributed by atoms with Crippen molar-refractivity contribution >= 4 is 46.8 Å². The molecule has 328 valence electrons. The molecule has 4 N–H and O–H groups in total. The predicted octanol–water partition coefficient (Wildman–Crippen LogP) is 8.22. The molecule has 0 saturated carbocycles. The minimum Gasteiger partial charge on any atom is -0.492 e. The Morgan fingerprint density at radius 3 is 1.38 bits per heavy atom. The molecule has 4 amide bonds. The third-order valence-electron chi connectivity index (χ3n) is 8.36. The summed E-state index contributed by atoms with van der Waals surface area (Å²) in [7, 11) is 3.95. The van der Waals surface area contributed by atoms with Gasteiger partial charge in [0.2, 0.25) is 0 Å². The molecule has 0 atom stereocenters. The maximum atomic E-state index is 12.6. The average molecular weight is 841 g/mol. The second-order valence-electron chi connectivity index (χ2n) is 16.3. The van der Waals surface area contributed by atoms with Gasteiger partial charge in [-0.2, -0.15) is 0 Å². The minimum absolute atomic E-state index is 0.239. The summed E-state index contributed by atoms with van der Waals surface area (Å²) in [6, 6.07) is 27.8. The first-order chi connectivity index (χ1) is 28.9. The molecule has 61 heavy (non-hydrogen) atoms. The Labute approximate surface area is 359 Å². The fraction of sp³-hybridized carbons (Fsp3) is 0.391. The Morgan fingerprint density at radius 2 is 0.984 bits per heavy atom. The highest BCUT2D eigenvalue weighted by atomic mass is 16.6. The van der Waals surface area contributed by atoms with Crippen LogP contribution < -0.4 is 30.7 Å². The molecule has 1 heterocycles. The maximum Gasteiger partial charge on any atom is 0.412 e. The van der Waals surface area contributed by atoms with Crippen LogP contribution in [0.1, 0.15) is 62.3 Å². The van der Waals surface area contributed by atoms with Gasteiger partial charge in [0.25, 0.3) is 11.8 Å². The Hall–Kier alpha value is -6.16. The lowest BCUT2D eigenvalue weighted by Crippen LogP contribution is -2.38. The van der Waals surface area contributed by atoms with Crippen molar-refractivity contribution in [1.29, 1.82) is 0 Å². The van der Waals surface area contributed by atoms with E-state index in [1.807, 2.05) is 31.1 Å². The van der Waals surface area contributed by atoms with E-state index in [2.05, 4.69) is 26.2 Å². The van der Waals surface area contributed by atoms with Crippen LogP contribution in [0, 0.1) is 0 Å². The second kappa shape index (κ2) is 23.0. The van der Waals surface area contributed by atoms with E-state index in [1.165, 1.54) is 0 Å². The maximum absolute atomic E-state index is 12.6. The van der Waals surface area contributed by atoms with Crippen molar-refractivity contribution in [3.05, 3.63) is 108 Å². The predicted molar refractivity (Wildman–Crippen MR) is 238 cm³/mol. The Morgan fingerprint density at radius 1 is 0.590 bits per heavy atom. The second-order valence-corrected chi connectivity index (χ2v) is 16.3. The van der Waals surface area contributed by atoms with Crippen LogP contribution in [0.3, 0.4) is 0 Å². The van der Waals surface area contributed by atoms with Crippen molar-refractivity contribution in [2.24, 2.45) is 0 Å². The van der Waals surface area contributed by atoms with Gasteiger partial charge in [-0.25, -0.2) is 9.59 Å². The highest BCUT2D eigenvalue weighted by Crippen LogP contribution is 2.20. The number of benzene rings is 4. The molecule has 0 aliphatic carbocycles. The summed E-state index contributed by atoms with van der Waals surface area (Å²) in [4.78, 5) is 53.1. The van der Waals surface area contributed by atoms with Gasteiger partial charge < -0.3 is 39.2 Å². The van der Waals surface area contributed by atoms with Crippen LogP contribution in [-0.2, 0) is 14.2 Å². The normalized spacial score (nSPS) is 12.9. The average Bonchev–Trinajstić information content (AvgIpc) is 3.19. The molecule has 1 fully saturated rings. The first-order valence-electron chi connectivity index (χ1n) is 20.1. The zero-order valence-corrected chi connectivity index (χ0v) is 36.5. The molecule has 15 heteroatoms. The molecule has 4 aromatic rings. The van der Waals surface area contributed by atoms with Gasteiger partial charge in [0.15, 0.2) is 0 Å². The molecule has 4 aromatic carbocycles. The summed E-state index contributed by atoms with van der Waals surface area (Å²) in [5, 5.41) is 11.0. The smallest absolute Gasteiger partial charge is 0.412 e. The number of hydrogen-bond donors (Lipinski definition) is 4. The van der Waals surface area contributed by atoms with Gasteiger partial charge >= 0.3 is 12.2 Å². The van der Waals surface area contributed by atoms with Crippen molar-refractivity contribution in [2.45, 2.75) is 52.7 Å². The van der Waals surface area contributed by atoms with Gasteiger partial charge in [-0.3, -0.25) is 25.1 Å². The van der Waals surface area contributed by atoms with Gasteiger partial charge in [0, 0.05) is 60.1 Å². The third kappa shape index (κ3) is 18.8. The quantitative estimate of drug-likeness (QED) is 0.0966. The zero-order valence-electron chi connectivity index (χ0n) is 36.5. The van der Waals surface area contributed by atoms with E-state index in [-0.39, 0.29) is 11.8 Å². The molecular formula is C46H60N6O9. The van der Waals surface area contributed by atoms with E-state index in [9.17, 15) is 19.2 Å². The van der Waals surface area contributed by atoms with Gasteiger partial charge in [-0.15, -0.1) is 0 Å². The first-order valence-corrected chi connectivity index (χ1v) is 20.1. The van der Waals surface area contributed by atoms with E-state index < -0.39 is 23.4 Å². The number of carbonyl (C=O) groups excluding carboxylic acids is 4. The number of likely N-dealkylation sites (N-methyl/N-ethyl adjacent to an activating group) is 1. The number of nitrogens with one attached hydrogen (secondary N) is 4. The highest BCUT2D eigenvalue weighted by Gasteiger charge is 2.18. The molecule has 0 radical (unpaired) electrons. The summed E-state index contributed by atoms with van der Waals surface area (Å²) < 4.78 is 27.3. The van der Waals surface area contributed by atoms with Gasteiger partial charge in [0.05, 0.1) is 13.2 Å². The summed E-state index contributed by atoms with van der Waals surface area (Å²) in [6.07, 6.45) is -1.06. The SMILES string of the molecule is CC(C)(C)OC(=O)Nc1ccc(NC(=O)c2cccc(OCCN3CCOCC3)c2)cc1.CN(C)CCOc1cccc(C(=O)Nc2ccc(NC(=O)OC(C)(C)C)cc2)c1. The van der Waals surface area contributed by atoms with Crippen molar-refractivity contribution in [2.75, 3.05) is 88.0 Å². The highest BCUT2D eigenvalue weighted by molar-refractivity contribution is 6.05. The van der Waals surface area contributed by atoms with Crippen LogP contribution >= 0.6 is 0 Å². The number of hydrogen-bond acceptors (Lipinski definition) is 11. The van der Waals surface area contributed by atoms with Crippen LogP contribution in [0.2, 0.25) is 0 Å². The largest absolute Gasteiger partial charge is 0.492 e. The summed E-state index contributed by atoms with van der Waals surface area (Å²) in [6.45, 7) is 16.9. The van der Waals surface area contributed by atoms with Crippen molar-refractivity contribution in [3.8, 4) is 11.5 Å². The third-order valence-corrected chi connectivity index (χ3v) is 8.36. The Balaban J connectivity index is 0.000000270. The number of amides is 4. The number of carbonyl (C=O) groups is 4. The minimum atomic E-state index is -0.571. The Kier molecular flexibility index (Phi) is 17.9. The number of anilines is 4. The first kappa shape index (κ1) is 47.5. The summed E-state index contributed by atoms with van der Waals surface area (Å²) in [5.74, 6) is 0.826. The number of nitrogens with zero attached hydrogens (tertiary/aromatic N) is 2. The van der Waals surface area contributed by atoms with Crippen LogP contribution in [0.5, 0.6) is 11.5 Å². The van der Waals surface area contributed by atoms with Gasteiger partial charge in [0.1, 0.15) is 35.9 Å². The molecule has 1 aliphatic heterocycles. The van der Waals surface area contributed by atoms with Crippen LogP contribution in [0.25, 0.3) is 0 Å². The van der Waals surface area contributed by atoms with E-state index in [0.717, 1.165) is 39.4 Å². The molecule has 1 saturated heterocycles. The summed E-state index contributed by atoms with van der Waals surface area (Å²) in [5.41, 5.74) is 2.25. The molecule has 0 spiro atoms. The molecule has 0 unspecified atom stereocenters. The summed E-state index contributed by atoms with van der Waals surface area (Å²) >= 11 is 0. The van der Waals surface area contributed by atoms with Crippen LogP contribution in [-0.4, -0.2) is 112 Å². The molecule has 0 bridgehead atoms. The molecule has 5 rings (SSSR count). The standard InChI is InChI=1S/C24H31N3O5.C22H29N3O4/c1-24(2,3)32-23(29)26-20-9-7-19(8-10-20)25-22(28)18-5-4-6-21(17-18)31-16-13-27-11-14-30-15-12-27;1-22(2,3)29-21(27)24-18-11-9-17(10-12-18)23-20(26)16-7-6-8-19(15-16)28-14-13-25(4)5/h4-10,17H,11-16H2,1-3H3,(H,25,28)(H,26,29);6-12,15H,13-14H2,1-5H3,(H,23,26)(H,24,27). The van der Waals surface area contributed by atoms with Crippen molar-refractivity contribution in [1.82, 2.24) is 9.80 Å².